The van der Waals surface area contributed by atoms with Crippen molar-refractivity contribution in [1.29, 1.82) is 0 Å². The van der Waals surface area contributed by atoms with E-state index in [1.54, 1.807) is 15.9 Å². The van der Waals surface area contributed by atoms with Crippen LogP contribution in [-0.2, 0) is 0 Å². The number of carbonyl (C=O) groups is 2. The minimum Gasteiger partial charge on any atom is -0.494 e. The second kappa shape index (κ2) is 7.23. The molecule has 0 bridgehead atoms. The molecule has 0 N–H and O–H groups in total. The average molecular weight is 362 g/mol. The number of ether oxygens (including phenoxy) is 1. The van der Waals surface area contributed by atoms with Crippen molar-refractivity contribution in [2.45, 2.75) is 6.92 Å². The molecule has 0 radical (unpaired) electrons. The molecule has 3 rings (SSSR count). The molecule has 1 aromatic heterocycles. The van der Waals surface area contributed by atoms with E-state index in [4.69, 9.17) is 4.74 Å². The summed E-state index contributed by atoms with van der Waals surface area (Å²) in [5.74, 6) is -0.685. The number of halogens is 1. The van der Waals surface area contributed by atoms with Crippen molar-refractivity contribution >= 4 is 23.2 Å². The van der Waals surface area contributed by atoms with Crippen molar-refractivity contribution < 1.29 is 18.7 Å². The zero-order valence-corrected chi connectivity index (χ0v) is 14.9. The molecule has 2 amide bonds. The van der Waals surface area contributed by atoms with Crippen LogP contribution in [0.1, 0.15) is 24.9 Å². The van der Waals surface area contributed by atoms with Gasteiger partial charge >= 0.3 is 0 Å². The molecule has 2 heterocycles. The molecule has 1 aliphatic heterocycles. The Morgan fingerprint density at radius 2 is 1.68 bits per heavy atom. The van der Waals surface area contributed by atoms with Crippen molar-refractivity contribution in [3.05, 3.63) is 51.5 Å². The van der Waals surface area contributed by atoms with Gasteiger partial charge in [-0.1, -0.05) is 0 Å². The summed E-state index contributed by atoms with van der Waals surface area (Å²) in [4.78, 5) is 30.2. The Kier molecular flexibility index (Phi) is 5.03. The first-order chi connectivity index (χ1) is 12.0. The summed E-state index contributed by atoms with van der Waals surface area (Å²) in [5, 5.41) is 0. The number of hydrogen-bond acceptors (Lipinski definition) is 4. The molecule has 1 aromatic carbocycles. The summed E-state index contributed by atoms with van der Waals surface area (Å²) in [5.41, 5.74) is 0.284. The second-order valence-corrected chi connectivity index (χ2v) is 7.13. The Bertz CT molecular complexity index is 797. The fraction of sp³-hybridized carbons (Fsp3) is 0.333. The summed E-state index contributed by atoms with van der Waals surface area (Å²) in [6, 6.07) is 7.95. The molecule has 2 aromatic rings. The van der Waals surface area contributed by atoms with Crippen LogP contribution < -0.4 is 4.74 Å². The van der Waals surface area contributed by atoms with E-state index in [1.807, 2.05) is 19.1 Å². The van der Waals surface area contributed by atoms with Crippen LogP contribution in [0.2, 0.25) is 0 Å². The van der Waals surface area contributed by atoms with Gasteiger partial charge in [-0.25, -0.2) is 4.39 Å². The van der Waals surface area contributed by atoms with Gasteiger partial charge in [0.2, 0.25) is 0 Å². The normalized spacial score (nSPS) is 14.5. The van der Waals surface area contributed by atoms with Crippen LogP contribution in [0.5, 0.6) is 5.75 Å². The van der Waals surface area contributed by atoms with Crippen molar-refractivity contribution in [2.24, 2.45) is 0 Å². The molecule has 7 heteroatoms. The molecule has 0 aliphatic carbocycles. The number of thiophene rings is 1. The average Bonchev–Trinajstić information content (AvgIpc) is 3.07. The van der Waals surface area contributed by atoms with Crippen LogP contribution >= 0.6 is 11.3 Å². The third kappa shape index (κ3) is 3.66. The highest BCUT2D eigenvalue weighted by atomic mass is 32.1. The molecule has 0 saturated carbocycles. The van der Waals surface area contributed by atoms with Crippen molar-refractivity contribution in [1.82, 2.24) is 9.80 Å². The number of piperazine rings is 1. The molecule has 0 spiro atoms. The molecular weight excluding hydrogens is 343 g/mol. The van der Waals surface area contributed by atoms with E-state index in [0.29, 0.717) is 26.2 Å². The number of rotatable bonds is 3. The Hall–Kier alpha value is -2.41. The number of amides is 2. The SMILES string of the molecule is COc1ccc(C(=O)N2CCN(C(=O)c3ccc(C)s3)CC2)cc1F. The van der Waals surface area contributed by atoms with Gasteiger partial charge in [0.15, 0.2) is 11.6 Å². The summed E-state index contributed by atoms with van der Waals surface area (Å²) in [6.07, 6.45) is 0. The van der Waals surface area contributed by atoms with Crippen molar-refractivity contribution in [3.63, 3.8) is 0 Å². The van der Waals surface area contributed by atoms with Crippen LogP contribution in [0.3, 0.4) is 0 Å². The fourth-order valence-electron chi connectivity index (χ4n) is 2.80. The lowest BCUT2D eigenvalue weighted by molar-refractivity contribution is 0.0538. The smallest absolute Gasteiger partial charge is 0.264 e. The van der Waals surface area contributed by atoms with Gasteiger partial charge in [-0.15, -0.1) is 11.3 Å². The second-order valence-electron chi connectivity index (χ2n) is 5.84. The van der Waals surface area contributed by atoms with E-state index in [9.17, 15) is 14.0 Å². The highest BCUT2D eigenvalue weighted by molar-refractivity contribution is 7.13. The van der Waals surface area contributed by atoms with Crippen molar-refractivity contribution in [3.8, 4) is 5.75 Å². The van der Waals surface area contributed by atoms with Crippen LogP contribution in [-0.4, -0.2) is 54.9 Å². The van der Waals surface area contributed by atoms with Gasteiger partial charge in [-0.05, 0) is 37.3 Å². The van der Waals surface area contributed by atoms with Gasteiger partial charge in [-0.3, -0.25) is 9.59 Å². The zero-order valence-electron chi connectivity index (χ0n) is 14.1. The first kappa shape index (κ1) is 17.4. The predicted octanol–water partition coefficient (Wildman–Crippen LogP) is 2.80. The third-order valence-electron chi connectivity index (χ3n) is 4.20. The van der Waals surface area contributed by atoms with Crippen LogP contribution in [0, 0.1) is 12.7 Å². The zero-order chi connectivity index (χ0) is 18.0. The predicted molar refractivity (Wildman–Crippen MR) is 93.8 cm³/mol. The van der Waals surface area contributed by atoms with Gasteiger partial charge in [0, 0.05) is 36.6 Å². The molecule has 1 saturated heterocycles. The van der Waals surface area contributed by atoms with Gasteiger partial charge in [0.1, 0.15) is 0 Å². The lowest BCUT2D eigenvalue weighted by Gasteiger charge is -2.34. The number of aryl methyl sites for hydroxylation is 1. The molecule has 0 unspecified atom stereocenters. The van der Waals surface area contributed by atoms with Gasteiger partial charge < -0.3 is 14.5 Å². The monoisotopic (exact) mass is 362 g/mol. The Balaban J connectivity index is 1.62. The standard InChI is InChI=1S/C18H19FN2O3S/c1-12-3-6-16(25-12)18(23)21-9-7-20(8-10-21)17(22)13-4-5-15(24-2)14(19)11-13/h3-6,11H,7-10H2,1-2H3. The van der Waals surface area contributed by atoms with E-state index in [0.717, 1.165) is 9.75 Å². The highest BCUT2D eigenvalue weighted by Gasteiger charge is 2.26. The molecule has 1 fully saturated rings. The first-order valence-corrected chi connectivity index (χ1v) is 8.80. The lowest BCUT2D eigenvalue weighted by Crippen LogP contribution is -2.50. The van der Waals surface area contributed by atoms with E-state index in [2.05, 4.69) is 0 Å². The van der Waals surface area contributed by atoms with Gasteiger partial charge in [0.05, 0.1) is 12.0 Å². The van der Waals surface area contributed by atoms with E-state index in [1.165, 1.54) is 30.6 Å². The molecule has 0 atom stereocenters. The van der Waals surface area contributed by atoms with Crippen LogP contribution in [0.15, 0.2) is 30.3 Å². The molecular formula is C18H19FN2O3S. The van der Waals surface area contributed by atoms with E-state index in [-0.39, 0.29) is 23.1 Å². The fourth-order valence-corrected chi connectivity index (χ4v) is 3.64. The Labute approximate surface area is 149 Å². The highest BCUT2D eigenvalue weighted by Crippen LogP contribution is 2.21. The van der Waals surface area contributed by atoms with Gasteiger partial charge in [0.25, 0.3) is 11.8 Å². The Morgan fingerprint density at radius 3 is 2.20 bits per heavy atom. The number of nitrogens with zero attached hydrogens (tertiary/aromatic N) is 2. The van der Waals surface area contributed by atoms with Crippen LogP contribution in [0.4, 0.5) is 4.39 Å². The van der Waals surface area contributed by atoms with Gasteiger partial charge in [-0.2, -0.15) is 0 Å². The maximum absolute atomic E-state index is 13.8. The van der Waals surface area contributed by atoms with Crippen LogP contribution in [0.25, 0.3) is 0 Å². The topological polar surface area (TPSA) is 49.9 Å². The summed E-state index contributed by atoms with van der Waals surface area (Å²) < 4.78 is 18.7. The number of hydrogen-bond donors (Lipinski definition) is 0. The summed E-state index contributed by atoms with van der Waals surface area (Å²) >= 11 is 1.47. The maximum atomic E-state index is 13.8. The minimum atomic E-state index is -0.560. The van der Waals surface area contributed by atoms with Crippen molar-refractivity contribution in [2.75, 3.05) is 33.3 Å². The summed E-state index contributed by atoms with van der Waals surface area (Å²) in [7, 11) is 1.38. The molecule has 5 nitrogen and oxygen atoms in total. The van der Waals surface area contributed by atoms with E-state index >= 15 is 0 Å². The first-order valence-electron chi connectivity index (χ1n) is 7.98. The van der Waals surface area contributed by atoms with E-state index < -0.39 is 5.82 Å². The minimum absolute atomic E-state index is 0.000640. The third-order valence-corrected chi connectivity index (χ3v) is 5.19. The molecule has 132 valence electrons. The largest absolute Gasteiger partial charge is 0.494 e. The Morgan fingerprint density at radius 1 is 1.04 bits per heavy atom. The number of benzene rings is 1. The number of methoxy groups -OCH3 is 1. The number of carbonyl (C=O) groups excluding carboxylic acids is 2. The maximum Gasteiger partial charge on any atom is 0.264 e. The molecule has 1 aliphatic rings. The lowest BCUT2D eigenvalue weighted by atomic mass is 10.1. The summed E-state index contributed by atoms with van der Waals surface area (Å²) in [6.45, 7) is 3.78. The molecule has 25 heavy (non-hydrogen) atoms. The quantitative estimate of drug-likeness (QED) is 0.844.